The van der Waals surface area contributed by atoms with Crippen molar-refractivity contribution in [3.05, 3.63) is 72.6 Å². The van der Waals surface area contributed by atoms with Crippen LogP contribution < -0.4 is 21.3 Å². The predicted octanol–water partition coefficient (Wildman–Crippen LogP) is 7.68. The van der Waals surface area contributed by atoms with E-state index in [4.69, 9.17) is 9.47 Å². The van der Waals surface area contributed by atoms with E-state index in [1.165, 1.54) is 0 Å². The lowest BCUT2D eigenvalue weighted by atomic mass is 9.86. The van der Waals surface area contributed by atoms with Crippen molar-refractivity contribution in [3.8, 4) is 33.6 Å². The molecule has 2 heterocycles. The summed E-state index contributed by atoms with van der Waals surface area (Å²) in [5.74, 6) is 0.622. The number of benzene rings is 2. The smallest absolute Gasteiger partial charge is 0.250 e. The lowest BCUT2D eigenvalue weighted by molar-refractivity contribution is -0.139. The Morgan fingerprint density at radius 1 is 0.565 bits per heavy atom. The second-order valence-electron chi connectivity index (χ2n) is 18.8. The number of aromatic nitrogens is 4. The van der Waals surface area contributed by atoms with E-state index in [9.17, 15) is 19.2 Å². The van der Waals surface area contributed by atoms with Crippen molar-refractivity contribution in [1.82, 2.24) is 41.2 Å². The molecule has 0 radical (unpaired) electrons. The van der Waals surface area contributed by atoms with Crippen molar-refractivity contribution in [1.29, 1.82) is 0 Å². The molecule has 4 aromatic rings. The highest BCUT2D eigenvalue weighted by molar-refractivity contribution is 5.88. The molecule has 4 atom stereocenters. The number of nitrogens with one attached hydrogen (secondary N) is 6. The van der Waals surface area contributed by atoms with Crippen molar-refractivity contribution < 1.29 is 28.7 Å². The van der Waals surface area contributed by atoms with Gasteiger partial charge in [0.25, 0.3) is 0 Å². The Kier molecular flexibility index (Phi) is 17.6. The molecule has 62 heavy (non-hydrogen) atoms. The van der Waals surface area contributed by atoms with Crippen LogP contribution in [-0.4, -0.2) is 82.1 Å². The van der Waals surface area contributed by atoms with E-state index in [1.54, 1.807) is 26.2 Å². The summed E-state index contributed by atoms with van der Waals surface area (Å²) >= 11 is 0. The Labute approximate surface area is 367 Å². The molecule has 338 valence electrons. The van der Waals surface area contributed by atoms with Crippen molar-refractivity contribution >= 4 is 23.6 Å². The van der Waals surface area contributed by atoms with Crippen molar-refractivity contribution in [2.24, 2.45) is 22.7 Å². The SMILES string of the molecule is CCOC(CC(=O)NCC(C)C)C(=O)NC(c1ncc(-c2ccc(-c3ccc(-c4cnc(C(NC(=O)C(CC(=O)NCC(C)C)OCC)C(C)(C)C)[nH]4)cc3)cc2)[nH]1)C(C)(C)C. The molecular weight excluding hydrogens is 785 g/mol. The number of aromatic amines is 2. The average Bonchev–Trinajstić information content (AvgIpc) is 3.90. The zero-order chi connectivity index (χ0) is 45.8. The monoisotopic (exact) mass is 855 g/mol. The third-order valence-corrected chi connectivity index (χ3v) is 10.2. The first-order valence-electron chi connectivity index (χ1n) is 21.9. The fourth-order valence-corrected chi connectivity index (χ4v) is 6.78. The van der Waals surface area contributed by atoms with Crippen molar-refractivity contribution in [3.63, 3.8) is 0 Å². The fourth-order valence-electron chi connectivity index (χ4n) is 6.78. The number of nitrogens with zero attached hydrogens (tertiary/aromatic N) is 2. The number of carbonyl (C=O) groups excluding carboxylic acids is 4. The van der Waals surface area contributed by atoms with E-state index in [-0.39, 0.29) is 36.5 Å². The summed E-state index contributed by atoms with van der Waals surface area (Å²) < 4.78 is 11.4. The molecule has 4 rings (SSSR count). The zero-order valence-electron chi connectivity index (χ0n) is 38.8. The Hall–Kier alpha value is -5.34. The summed E-state index contributed by atoms with van der Waals surface area (Å²) in [7, 11) is 0. The van der Waals surface area contributed by atoms with Crippen LogP contribution in [0.4, 0.5) is 0 Å². The average molecular weight is 855 g/mol. The van der Waals surface area contributed by atoms with E-state index in [0.29, 0.717) is 49.8 Å². The maximum Gasteiger partial charge on any atom is 0.250 e. The minimum atomic E-state index is -0.924. The maximum absolute atomic E-state index is 13.5. The van der Waals surface area contributed by atoms with Crippen LogP contribution in [0.5, 0.6) is 0 Å². The standard InChI is InChI=1S/C48H70N8O6/c1-13-61-37(23-39(57)49-25-29(3)4)45(59)55-41(47(7,8)9)43-51-27-35(53-43)33-19-15-31(16-20-33)32-17-21-34(22-18-32)36-28-52-44(54-36)42(48(10,11)12)56-46(60)38(62-14-2)24-40(58)50-26-30(5)6/h15-22,27-30,37-38,41-42H,13-14,23-26H2,1-12H3,(H,49,57)(H,50,58)(H,51,53)(H,52,54)(H,55,59)(H,56,60). The van der Waals surface area contributed by atoms with Crippen LogP contribution in [0.1, 0.15) is 120 Å². The Morgan fingerprint density at radius 3 is 1.18 bits per heavy atom. The van der Waals surface area contributed by atoms with Gasteiger partial charge in [-0.25, -0.2) is 9.97 Å². The Morgan fingerprint density at radius 2 is 0.887 bits per heavy atom. The van der Waals surface area contributed by atoms with Gasteiger partial charge in [0.05, 0.1) is 48.7 Å². The predicted molar refractivity (Wildman–Crippen MR) is 243 cm³/mol. The molecule has 14 nitrogen and oxygen atoms in total. The third-order valence-electron chi connectivity index (χ3n) is 10.2. The number of hydrogen-bond donors (Lipinski definition) is 6. The quantitative estimate of drug-likeness (QED) is 0.0492. The molecular formula is C48H70N8O6. The van der Waals surface area contributed by atoms with Crippen LogP contribution in [0.3, 0.4) is 0 Å². The van der Waals surface area contributed by atoms with Crippen molar-refractivity contribution in [2.75, 3.05) is 26.3 Å². The molecule has 0 spiro atoms. The number of rotatable bonds is 21. The van der Waals surface area contributed by atoms with E-state index in [0.717, 1.165) is 33.6 Å². The van der Waals surface area contributed by atoms with Gasteiger partial charge in [-0.3, -0.25) is 19.2 Å². The van der Waals surface area contributed by atoms with Crippen LogP contribution in [0.2, 0.25) is 0 Å². The minimum Gasteiger partial charge on any atom is -0.368 e. The van der Waals surface area contributed by atoms with Crippen LogP contribution >= 0.6 is 0 Å². The van der Waals surface area contributed by atoms with Crippen LogP contribution in [0.25, 0.3) is 33.6 Å². The highest BCUT2D eigenvalue weighted by atomic mass is 16.5. The molecule has 0 fully saturated rings. The van der Waals surface area contributed by atoms with Gasteiger partial charge in [0, 0.05) is 26.3 Å². The van der Waals surface area contributed by atoms with E-state index < -0.39 is 35.1 Å². The Balaban J connectivity index is 1.45. The molecule has 0 aliphatic heterocycles. The summed E-state index contributed by atoms with van der Waals surface area (Å²) in [6, 6.07) is 15.4. The number of amides is 4. The highest BCUT2D eigenvalue weighted by Crippen LogP contribution is 2.35. The number of hydrogen-bond acceptors (Lipinski definition) is 8. The molecule has 0 bridgehead atoms. The zero-order valence-corrected chi connectivity index (χ0v) is 38.8. The van der Waals surface area contributed by atoms with Gasteiger partial charge in [0.15, 0.2) is 0 Å². The lowest BCUT2D eigenvalue weighted by Crippen LogP contribution is -2.45. The molecule has 6 N–H and O–H groups in total. The van der Waals surface area contributed by atoms with Gasteiger partial charge in [-0.05, 0) is 58.8 Å². The van der Waals surface area contributed by atoms with Gasteiger partial charge in [-0.1, -0.05) is 118 Å². The first kappa shape index (κ1) is 49.3. The minimum absolute atomic E-state index is 0.0658. The maximum atomic E-state index is 13.5. The molecule has 2 aromatic heterocycles. The summed E-state index contributed by atoms with van der Waals surface area (Å²) in [5.41, 5.74) is 4.73. The molecule has 2 aromatic carbocycles. The van der Waals surface area contributed by atoms with Crippen molar-refractivity contribution in [2.45, 2.75) is 120 Å². The molecule has 4 amide bonds. The first-order chi connectivity index (χ1) is 29.2. The van der Waals surface area contributed by atoms with Gasteiger partial charge in [0.1, 0.15) is 23.9 Å². The second-order valence-corrected chi connectivity index (χ2v) is 18.8. The van der Waals surface area contributed by atoms with Gasteiger partial charge >= 0.3 is 0 Å². The highest BCUT2D eigenvalue weighted by Gasteiger charge is 2.35. The molecule has 4 unspecified atom stereocenters. The summed E-state index contributed by atoms with van der Waals surface area (Å²) in [5, 5.41) is 11.9. The normalized spacial score (nSPS) is 14.0. The third kappa shape index (κ3) is 14.4. The topological polar surface area (TPSA) is 192 Å². The van der Waals surface area contributed by atoms with E-state index in [1.807, 2.05) is 93.5 Å². The number of ether oxygens (including phenoxy) is 2. The first-order valence-corrected chi connectivity index (χ1v) is 21.9. The second kappa shape index (κ2) is 22.1. The van der Waals surface area contributed by atoms with E-state index >= 15 is 0 Å². The summed E-state index contributed by atoms with van der Waals surface area (Å²) in [6.07, 6.45) is 1.55. The number of carbonyl (C=O) groups is 4. The fraction of sp³-hybridized carbons (Fsp3) is 0.542. The van der Waals surface area contributed by atoms with Gasteiger partial charge in [-0.2, -0.15) is 0 Å². The van der Waals surface area contributed by atoms with Gasteiger partial charge < -0.3 is 40.7 Å². The largest absolute Gasteiger partial charge is 0.368 e. The van der Waals surface area contributed by atoms with E-state index in [2.05, 4.69) is 65.5 Å². The number of imidazole rings is 2. The summed E-state index contributed by atoms with van der Waals surface area (Å²) in [4.78, 5) is 68.3. The van der Waals surface area contributed by atoms with Gasteiger partial charge in [-0.15, -0.1) is 0 Å². The Bertz CT molecular complexity index is 1910. The molecule has 14 heteroatoms. The van der Waals surface area contributed by atoms with Gasteiger partial charge in [0.2, 0.25) is 23.6 Å². The molecule has 0 aliphatic rings. The molecule has 0 saturated carbocycles. The lowest BCUT2D eigenvalue weighted by Gasteiger charge is -2.31. The van der Waals surface area contributed by atoms with Crippen LogP contribution in [0, 0.1) is 22.7 Å². The molecule has 0 aliphatic carbocycles. The summed E-state index contributed by atoms with van der Waals surface area (Å²) in [6.45, 7) is 25.5. The van der Waals surface area contributed by atoms with Crippen LogP contribution in [0.15, 0.2) is 60.9 Å². The molecule has 0 saturated heterocycles. The number of H-pyrrole nitrogens is 2. The van der Waals surface area contributed by atoms with Crippen LogP contribution in [-0.2, 0) is 28.7 Å².